The third-order valence-corrected chi connectivity index (χ3v) is 5.95. The van der Waals surface area contributed by atoms with Gasteiger partial charge in [0.25, 0.3) is 0 Å². The summed E-state index contributed by atoms with van der Waals surface area (Å²) >= 11 is 3.09. The first-order valence-corrected chi connectivity index (χ1v) is 9.16. The number of thioether (sulfide) groups is 1. The molecule has 8 heteroatoms. The van der Waals surface area contributed by atoms with Gasteiger partial charge in [-0.2, -0.15) is 0 Å². The van der Waals surface area contributed by atoms with Gasteiger partial charge in [-0.05, 0) is 25.5 Å². The second-order valence-corrected chi connectivity index (χ2v) is 7.16. The summed E-state index contributed by atoms with van der Waals surface area (Å²) in [6.07, 6.45) is 3.79. The van der Waals surface area contributed by atoms with Crippen molar-refractivity contribution in [3.63, 3.8) is 0 Å². The predicted molar refractivity (Wildman–Crippen MR) is 90.6 cm³/mol. The molecule has 0 bridgehead atoms. The molecule has 1 aromatic rings. The average molecular weight is 351 g/mol. The topological polar surface area (TPSA) is 85.5 Å². The summed E-state index contributed by atoms with van der Waals surface area (Å²) in [5.41, 5.74) is 9.63. The van der Waals surface area contributed by atoms with Gasteiger partial charge in [0.15, 0.2) is 0 Å². The first-order chi connectivity index (χ1) is 11.0. The molecule has 2 atom stereocenters. The molecule has 0 radical (unpaired) electrons. The van der Waals surface area contributed by atoms with E-state index in [1.54, 1.807) is 24.2 Å². The third-order valence-electron chi connectivity index (χ3n) is 3.73. The Bertz CT molecular complexity index is 711. The highest BCUT2D eigenvalue weighted by Crippen LogP contribution is 2.40. The van der Waals surface area contributed by atoms with Crippen molar-refractivity contribution in [1.82, 2.24) is 9.88 Å². The summed E-state index contributed by atoms with van der Waals surface area (Å²) in [4.78, 5) is 31.1. The Morgan fingerprint density at radius 2 is 2.35 bits per heavy atom. The Balaban J connectivity index is 1.95. The van der Waals surface area contributed by atoms with Gasteiger partial charge in [0.05, 0.1) is 17.8 Å². The van der Waals surface area contributed by atoms with Crippen LogP contribution in [0.2, 0.25) is 0 Å². The fourth-order valence-corrected chi connectivity index (χ4v) is 4.46. The van der Waals surface area contributed by atoms with Gasteiger partial charge >= 0.3 is 5.97 Å². The lowest BCUT2D eigenvalue weighted by Gasteiger charge is -2.48. The highest BCUT2D eigenvalue weighted by Gasteiger charge is 2.51. The van der Waals surface area contributed by atoms with Crippen LogP contribution in [-0.4, -0.2) is 45.5 Å². The maximum absolute atomic E-state index is 12.3. The van der Waals surface area contributed by atoms with Gasteiger partial charge < -0.3 is 10.5 Å². The lowest BCUT2D eigenvalue weighted by molar-refractivity contribution is -0.150. The molecular weight excluding hydrogens is 334 g/mol. The highest BCUT2D eigenvalue weighted by atomic mass is 32.2. The van der Waals surface area contributed by atoms with Crippen molar-refractivity contribution in [3.05, 3.63) is 33.4 Å². The van der Waals surface area contributed by atoms with Gasteiger partial charge in [-0.3, -0.25) is 9.69 Å². The van der Waals surface area contributed by atoms with Gasteiger partial charge in [-0.25, -0.2) is 9.78 Å². The molecule has 2 aliphatic rings. The summed E-state index contributed by atoms with van der Waals surface area (Å²) < 4.78 is 5.12. The summed E-state index contributed by atoms with van der Waals surface area (Å²) in [6.45, 7) is 3.94. The highest BCUT2D eigenvalue weighted by molar-refractivity contribution is 8.00. The van der Waals surface area contributed by atoms with Crippen LogP contribution >= 0.6 is 23.1 Å². The predicted octanol–water partition coefficient (Wildman–Crippen LogP) is 1.52. The molecule has 3 rings (SSSR count). The van der Waals surface area contributed by atoms with Crippen LogP contribution in [0.1, 0.15) is 17.5 Å². The minimum absolute atomic E-state index is 0.177. The zero-order valence-electron chi connectivity index (χ0n) is 12.8. The summed E-state index contributed by atoms with van der Waals surface area (Å²) in [5, 5.41) is -0.177. The molecule has 6 nitrogen and oxygen atoms in total. The molecule has 3 heterocycles. The SMILES string of the molecule is CCOC(=O)C1=C(/C=C\c2scnc2C)CS[C@@H]2C(N)C(=O)N12. The molecule has 0 spiro atoms. The van der Waals surface area contributed by atoms with Gasteiger partial charge in [-0.15, -0.1) is 23.1 Å². The van der Waals surface area contributed by atoms with Crippen molar-refractivity contribution in [1.29, 1.82) is 0 Å². The Morgan fingerprint density at radius 3 is 3.00 bits per heavy atom. The first-order valence-electron chi connectivity index (χ1n) is 7.23. The normalized spacial score (nSPS) is 24.0. The van der Waals surface area contributed by atoms with E-state index in [1.807, 2.05) is 19.1 Å². The summed E-state index contributed by atoms with van der Waals surface area (Å²) in [5.74, 6) is -0.0890. The number of nitrogens with zero attached hydrogens (tertiary/aromatic N) is 2. The molecule has 1 fully saturated rings. The number of nitrogens with two attached hydrogens (primary N) is 1. The number of rotatable bonds is 4. The van der Waals surface area contributed by atoms with E-state index in [4.69, 9.17) is 10.5 Å². The number of carbonyl (C=O) groups excluding carboxylic acids is 2. The maximum atomic E-state index is 12.3. The number of ether oxygens (including phenoxy) is 1. The smallest absolute Gasteiger partial charge is 0.355 e. The van der Waals surface area contributed by atoms with E-state index >= 15 is 0 Å². The molecule has 0 aromatic carbocycles. The summed E-state index contributed by atoms with van der Waals surface area (Å²) in [7, 11) is 0. The van der Waals surface area contributed by atoms with Crippen molar-refractivity contribution in [2.75, 3.05) is 12.4 Å². The van der Waals surface area contributed by atoms with Crippen molar-refractivity contribution in [2.45, 2.75) is 25.3 Å². The molecule has 0 saturated carbocycles. The number of allylic oxidation sites excluding steroid dienone is 1. The van der Waals surface area contributed by atoms with E-state index < -0.39 is 12.0 Å². The van der Waals surface area contributed by atoms with E-state index in [0.717, 1.165) is 16.1 Å². The molecule has 1 amide bonds. The van der Waals surface area contributed by atoms with Crippen LogP contribution in [0.25, 0.3) is 6.08 Å². The van der Waals surface area contributed by atoms with Gasteiger partial charge in [0.1, 0.15) is 17.1 Å². The van der Waals surface area contributed by atoms with E-state index in [9.17, 15) is 9.59 Å². The number of amides is 1. The fraction of sp³-hybridized carbons (Fsp3) is 0.400. The molecule has 1 saturated heterocycles. The number of hydrogen-bond donors (Lipinski definition) is 1. The van der Waals surface area contributed by atoms with Crippen LogP contribution in [0.4, 0.5) is 0 Å². The molecular formula is C15H17N3O3S2. The monoisotopic (exact) mass is 351 g/mol. The second kappa shape index (κ2) is 6.46. The zero-order valence-corrected chi connectivity index (χ0v) is 14.4. The summed E-state index contributed by atoms with van der Waals surface area (Å²) in [6, 6.07) is -0.543. The van der Waals surface area contributed by atoms with Crippen molar-refractivity contribution >= 4 is 41.1 Å². The van der Waals surface area contributed by atoms with E-state index in [2.05, 4.69) is 4.98 Å². The molecule has 2 N–H and O–H groups in total. The first kappa shape index (κ1) is 16.2. The van der Waals surface area contributed by atoms with Crippen LogP contribution < -0.4 is 5.73 Å². The largest absolute Gasteiger partial charge is 0.461 e. The number of aromatic nitrogens is 1. The van der Waals surface area contributed by atoms with Crippen LogP contribution in [-0.2, 0) is 14.3 Å². The average Bonchev–Trinajstić information content (AvgIpc) is 2.96. The number of hydrogen-bond acceptors (Lipinski definition) is 7. The quantitative estimate of drug-likeness (QED) is 0.654. The van der Waals surface area contributed by atoms with Crippen molar-refractivity contribution in [3.8, 4) is 0 Å². The number of fused-ring (bicyclic) bond motifs is 1. The zero-order chi connectivity index (χ0) is 16.6. The molecule has 1 aromatic heterocycles. The third kappa shape index (κ3) is 2.82. The minimum Gasteiger partial charge on any atom is -0.461 e. The van der Waals surface area contributed by atoms with Crippen LogP contribution in [0.15, 0.2) is 22.9 Å². The lowest BCUT2D eigenvalue weighted by Crippen LogP contribution is -2.68. The van der Waals surface area contributed by atoms with E-state index in [-0.39, 0.29) is 17.9 Å². The van der Waals surface area contributed by atoms with Crippen LogP contribution in [0.5, 0.6) is 0 Å². The standard InChI is InChI=1S/C15H17N3O3S2/c1-3-21-15(20)12-9(4-5-10-8(2)17-7-23-10)6-22-14-11(16)13(19)18(12)14/h4-5,7,11,14H,3,6,16H2,1-2H3/b5-4-/t11?,14-/m1/s1. The van der Waals surface area contributed by atoms with Crippen LogP contribution in [0.3, 0.4) is 0 Å². The number of thiazole rings is 1. The van der Waals surface area contributed by atoms with Crippen molar-refractivity contribution < 1.29 is 14.3 Å². The fourth-order valence-electron chi connectivity index (χ4n) is 2.50. The second-order valence-electron chi connectivity index (χ2n) is 5.17. The molecule has 1 unspecified atom stereocenters. The molecule has 2 aliphatic heterocycles. The molecule has 122 valence electrons. The number of esters is 1. The van der Waals surface area contributed by atoms with Gasteiger partial charge in [0, 0.05) is 10.6 Å². The van der Waals surface area contributed by atoms with E-state index in [1.165, 1.54) is 16.2 Å². The minimum atomic E-state index is -0.543. The number of carbonyl (C=O) groups is 2. The lowest BCUT2D eigenvalue weighted by atomic mass is 10.0. The molecule has 0 aliphatic carbocycles. The Hall–Kier alpha value is -1.64. The maximum Gasteiger partial charge on any atom is 0.355 e. The Labute approximate surface area is 142 Å². The van der Waals surface area contributed by atoms with Gasteiger partial charge in [0.2, 0.25) is 5.91 Å². The Morgan fingerprint density at radius 1 is 1.57 bits per heavy atom. The van der Waals surface area contributed by atoms with Crippen LogP contribution in [0, 0.1) is 6.92 Å². The van der Waals surface area contributed by atoms with Gasteiger partial charge in [-0.1, -0.05) is 6.08 Å². The van der Waals surface area contributed by atoms with Crippen molar-refractivity contribution in [2.24, 2.45) is 5.73 Å². The Kier molecular flexibility index (Phi) is 4.56. The molecule has 23 heavy (non-hydrogen) atoms. The number of aryl methyl sites for hydroxylation is 1. The van der Waals surface area contributed by atoms with E-state index in [0.29, 0.717) is 11.4 Å². The number of β-lactam (4-membered cyclic amide) rings is 1.